The van der Waals surface area contributed by atoms with E-state index in [1.807, 2.05) is 78.9 Å². The number of halogens is 2. The summed E-state index contributed by atoms with van der Waals surface area (Å²) < 4.78 is 0.974. The summed E-state index contributed by atoms with van der Waals surface area (Å²) >= 11 is 11.1. The molecule has 0 radical (unpaired) electrons. The summed E-state index contributed by atoms with van der Waals surface area (Å²) in [6.45, 7) is 3.07. The minimum Gasteiger partial charge on any atom is -0.354 e. The van der Waals surface area contributed by atoms with Gasteiger partial charge in [0.1, 0.15) is 6.04 Å². The van der Waals surface area contributed by atoms with Gasteiger partial charge in [-0.3, -0.25) is 9.59 Å². The molecule has 190 valence electrons. The zero-order valence-electron chi connectivity index (χ0n) is 20.5. The number of hydrogen-bond acceptors (Lipinski definition) is 3. The van der Waals surface area contributed by atoms with Crippen LogP contribution in [0.5, 0.6) is 0 Å². The topological polar surface area (TPSA) is 49.4 Å². The van der Waals surface area contributed by atoms with Crippen molar-refractivity contribution in [2.75, 3.05) is 12.3 Å². The van der Waals surface area contributed by atoms with Gasteiger partial charge in [0.2, 0.25) is 11.8 Å². The van der Waals surface area contributed by atoms with Crippen molar-refractivity contribution in [1.82, 2.24) is 10.2 Å². The molecule has 7 heteroatoms. The molecule has 2 amide bonds. The third kappa shape index (κ3) is 9.30. The van der Waals surface area contributed by atoms with Crippen LogP contribution in [0.15, 0.2) is 88.2 Å². The molecule has 0 spiro atoms. The van der Waals surface area contributed by atoms with E-state index in [0.29, 0.717) is 36.7 Å². The van der Waals surface area contributed by atoms with E-state index in [1.165, 1.54) is 0 Å². The average Bonchev–Trinajstić information content (AvgIpc) is 2.89. The molecule has 0 aliphatic rings. The molecule has 0 aliphatic carbocycles. The molecule has 0 saturated carbocycles. The van der Waals surface area contributed by atoms with Gasteiger partial charge in [0.05, 0.1) is 0 Å². The van der Waals surface area contributed by atoms with Gasteiger partial charge in [-0.1, -0.05) is 83.3 Å². The summed E-state index contributed by atoms with van der Waals surface area (Å²) in [5.74, 6) is 0.473. The first-order valence-electron chi connectivity index (χ1n) is 12.2. The number of hydrogen-bond donors (Lipinski definition) is 1. The van der Waals surface area contributed by atoms with E-state index < -0.39 is 6.04 Å². The molecule has 0 aromatic heterocycles. The smallest absolute Gasteiger partial charge is 0.243 e. The molecule has 1 N–H and O–H groups in total. The maximum Gasteiger partial charge on any atom is 0.243 e. The molecule has 0 bridgehead atoms. The van der Waals surface area contributed by atoms with Crippen LogP contribution in [0, 0.1) is 0 Å². The molecule has 0 unspecified atom stereocenters. The second kappa shape index (κ2) is 15.1. The summed E-state index contributed by atoms with van der Waals surface area (Å²) in [5.41, 5.74) is 2.01. The lowest BCUT2D eigenvalue weighted by Crippen LogP contribution is -2.50. The van der Waals surface area contributed by atoms with E-state index in [9.17, 15) is 9.59 Å². The number of thioether (sulfide) groups is 1. The number of carbonyl (C=O) groups is 2. The summed E-state index contributed by atoms with van der Waals surface area (Å²) in [6.07, 6.45) is 2.69. The van der Waals surface area contributed by atoms with Crippen LogP contribution >= 0.6 is 39.3 Å². The van der Waals surface area contributed by atoms with Crippen molar-refractivity contribution in [3.05, 3.63) is 99.5 Å². The van der Waals surface area contributed by atoms with E-state index >= 15 is 0 Å². The van der Waals surface area contributed by atoms with E-state index in [4.69, 9.17) is 11.6 Å². The van der Waals surface area contributed by atoms with Crippen molar-refractivity contribution in [3.8, 4) is 0 Å². The molecule has 3 aromatic carbocycles. The van der Waals surface area contributed by atoms with Crippen LogP contribution in [0.4, 0.5) is 0 Å². The average molecular weight is 588 g/mol. The Morgan fingerprint density at radius 3 is 2.33 bits per heavy atom. The molecule has 1 atom stereocenters. The fourth-order valence-electron chi connectivity index (χ4n) is 3.78. The Morgan fingerprint density at radius 2 is 1.67 bits per heavy atom. The minimum absolute atomic E-state index is 0.0362. The van der Waals surface area contributed by atoms with Crippen molar-refractivity contribution in [3.63, 3.8) is 0 Å². The lowest BCUT2D eigenvalue weighted by Gasteiger charge is -2.31. The lowest BCUT2D eigenvalue weighted by molar-refractivity contribution is -0.141. The third-order valence-electron chi connectivity index (χ3n) is 5.77. The van der Waals surface area contributed by atoms with E-state index in [0.717, 1.165) is 33.3 Å². The van der Waals surface area contributed by atoms with Crippen LogP contribution in [-0.4, -0.2) is 35.1 Å². The monoisotopic (exact) mass is 586 g/mol. The normalized spacial score (nSPS) is 11.6. The van der Waals surface area contributed by atoms with E-state index in [-0.39, 0.29) is 11.8 Å². The molecular formula is C29H32BrClN2O2S. The van der Waals surface area contributed by atoms with Crippen LogP contribution in [-0.2, 0) is 22.6 Å². The summed E-state index contributed by atoms with van der Waals surface area (Å²) in [6, 6.07) is 24.8. The molecule has 3 rings (SSSR count). The zero-order chi connectivity index (χ0) is 25.8. The van der Waals surface area contributed by atoms with Gasteiger partial charge in [0.25, 0.3) is 0 Å². The summed E-state index contributed by atoms with van der Waals surface area (Å²) in [5, 5.41) is 3.75. The molecule has 0 saturated heterocycles. The Morgan fingerprint density at radius 1 is 0.972 bits per heavy atom. The van der Waals surface area contributed by atoms with Crippen LogP contribution < -0.4 is 5.32 Å². The first kappa shape index (κ1) is 28.3. The first-order chi connectivity index (χ1) is 17.5. The van der Waals surface area contributed by atoms with Gasteiger partial charge >= 0.3 is 0 Å². The van der Waals surface area contributed by atoms with Gasteiger partial charge in [0, 0.05) is 46.1 Å². The Hall–Kier alpha value is -2.28. The van der Waals surface area contributed by atoms with Gasteiger partial charge in [0.15, 0.2) is 0 Å². The van der Waals surface area contributed by atoms with Crippen molar-refractivity contribution in [1.29, 1.82) is 0 Å². The van der Waals surface area contributed by atoms with E-state index in [2.05, 4.69) is 28.2 Å². The molecule has 0 aliphatic heterocycles. The second-order valence-corrected chi connectivity index (χ2v) is 11.1. The predicted molar refractivity (Wildman–Crippen MR) is 153 cm³/mol. The van der Waals surface area contributed by atoms with Gasteiger partial charge in [-0.05, 0) is 53.9 Å². The van der Waals surface area contributed by atoms with Gasteiger partial charge in [-0.2, -0.15) is 0 Å². The Kier molecular flexibility index (Phi) is 11.9. The number of nitrogens with zero attached hydrogens (tertiary/aromatic N) is 1. The van der Waals surface area contributed by atoms with Gasteiger partial charge in [-0.25, -0.2) is 0 Å². The number of carbonyl (C=O) groups excluding carboxylic acids is 2. The highest BCUT2D eigenvalue weighted by atomic mass is 79.9. The molecule has 0 heterocycles. The molecule has 3 aromatic rings. The summed E-state index contributed by atoms with van der Waals surface area (Å²) in [7, 11) is 0. The lowest BCUT2D eigenvalue weighted by atomic mass is 10.0. The highest BCUT2D eigenvalue weighted by molar-refractivity contribution is 9.10. The fraction of sp³-hybridized carbons (Fsp3) is 0.310. The Labute approximate surface area is 231 Å². The van der Waals surface area contributed by atoms with Crippen molar-refractivity contribution < 1.29 is 9.59 Å². The standard InChI is InChI=1S/C29H32BrClN2O2S/c1-2-3-18-32-29(35)27(20-22-7-5-4-6-8-22)33(21-23-9-11-24(30)12-10-23)28(34)17-19-36-26-15-13-25(31)14-16-26/h4-16,27H,2-3,17-21H2,1H3,(H,32,35)/t27-/m1/s1. The second-order valence-electron chi connectivity index (χ2n) is 8.55. The molecule has 4 nitrogen and oxygen atoms in total. The summed E-state index contributed by atoms with van der Waals surface area (Å²) in [4.78, 5) is 29.8. The largest absolute Gasteiger partial charge is 0.354 e. The van der Waals surface area contributed by atoms with Gasteiger partial charge < -0.3 is 10.2 Å². The van der Waals surface area contributed by atoms with Crippen molar-refractivity contribution in [2.45, 2.75) is 50.1 Å². The molecular weight excluding hydrogens is 556 g/mol. The fourth-order valence-corrected chi connectivity index (χ4v) is 5.01. The van der Waals surface area contributed by atoms with Crippen LogP contribution in [0.25, 0.3) is 0 Å². The van der Waals surface area contributed by atoms with Crippen LogP contribution in [0.3, 0.4) is 0 Å². The Bertz CT molecular complexity index is 1090. The number of rotatable bonds is 13. The zero-order valence-corrected chi connectivity index (χ0v) is 23.6. The quantitative estimate of drug-likeness (QED) is 0.171. The van der Waals surface area contributed by atoms with Crippen molar-refractivity contribution >= 4 is 51.1 Å². The number of nitrogens with one attached hydrogen (secondary N) is 1. The van der Waals surface area contributed by atoms with E-state index in [1.54, 1.807) is 16.7 Å². The number of amides is 2. The van der Waals surface area contributed by atoms with Crippen LogP contribution in [0.2, 0.25) is 5.02 Å². The Balaban J connectivity index is 1.81. The SMILES string of the molecule is CCCCNC(=O)[C@@H](Cc1ccccc1)N(Cc1ccc(Br)cc1)C(=O)CCSc1ccc(Cl)cc1. The van der Waals surface area contributed by atoms with Crippen LogP contribution in [0.1, 0.15) is 37.3 Å². The number of benzene rings is 3. The molecule has 36 heavy (non-hydrogen) atoms. The molecule has 0 fully saturated rings. The van der Waals surface area contributed by atoms with Gasteiger partial charge in [-0.15, -0.1) is 11.8 Å². The third-order valence-corrected chi connectivity index (χ3v) is 7.56. The first-order valence-corrected chi connectivity index (χ1v) is 14.4. The van der Waals surface area contributed by atoms with Crippen molar-refractivity contribution in [2.24, 2.45) is 0 Å². The highest BCUT2D eigenvalue weighted by Gasteiger charge is 2.30. The predicted octanol–water partition coefficient (Wildman–Crippen LogP) is 7.14. The minimum atomic E-state index is -0.596. The maximum absolute atomic E-state index is 13.6. The number of unbranched alkanes of at least 4 members (excludes halogenated alkanes) is 1. The maximum atomic E-state index is 13.6. The highest BCUT2D eigenvalue weighted by Crippen LogP contribution is 2.23.